The normalized spacial score (nSPS) is 16.7. The quantitative estimate of drug-likeness (QED) is 0.576. The van der Waals surface area contributed by atoms with Crippen molar-refractivity contribution in [2.24, 2.45) is 4.99 Å². The first-order chi connectivity index (χ1) is 12.9. The number of rotatable bonds is 5. The standard InChI is InChI=1S/C16H24N6O3S2/c1-12-15(26-13(2)19-12)10-18-16(17-3)21-5-7-22(8-6-21)27(23,24)11-14-4-9-25-20-14/h4,9H,5-8,10-11H2,1-3H3,(H,17,18). The van der Waals surface area contributed by atoms with Crippen molar-refractivity contribution in [3.63, 3.8) is 0 Å². The van der Waals surface area contributed by atoms with E-state index < -0.39 is 10.0 Å². The van der Waals surface area contributed by atoms with Gasteiger partial charge in [-0.3, -0.25) is 4.99 Å². The molecule has 1 aliphatic rings. The lowest BCUT2D eigenvalue weighted by Gasteiger charge is -2.35. The molecule has 1 N–H and O–H groups in total. The molecule has 9 nitrogen and oxygen atoms in total. The summed E-state index contributed by atoms with van der Waals surface area (Å²) in [6.07, 6.45) is 1.38. The van der Waals surface area contributed by atoms with Crippen molar-refractivity contribution in [3.8, 4) is 0 Å². The van der Waals surface area contributed by atoms with E-state index in [0.717, 1.165) is 16.7 Å². The first-order valence-electron chi connectivity index (χ1n) is 8.64. The van der Waals surface area contributed by atoms with E-state index in [1.54, 1.807) is 24.5 Å². The summed E-state index contributed by atoms with van der Waals surface area (Å²) in [6.45, 7) is 6.65. The molecule has 2 aromatic heterocycles. The molecule has 3 rings (SSSR count). The van der Waals surface area contributed by atoms with Crippen molar-refractivity contribution in [1.29, 1.82) is 0 Å². The van der Waals surface area contributed by atoms with E-state index in [0.29, 0.717) is 38.4 Å². The number of sulfonamides is 1. The Hall–Kier alpha value is -1.98. The zero-order valence-electron chi connectivity index (χ0n) is 15.7. The van der Waals surface area contributed by atoms with Gasteiger partial charge in [0.05, 0.1) is 22.9 Å². The molecule has 11 heteroatoms. The third kappa shape index (κ3) is 4.85. The van der Waals surface area contributed by atoms with Crippen LogP contribution in [0.4, 0.5) is 0 Å². The summed E-state index contributed by atoms with van der Waals surface area (Å²) in [4.78, 5) is 12.0. The molecule has 1 aliphatic heterocycles. The highest BCUT2D eigenvalue weighted by Gasteiger charge is 2.29. The summed E-state index contributed by atoms with van der Waals surface area (Å²) in [5.74, 6) is 0.634. The lowest BCUT2D eigenvalue weighted by atomic mass is 10.3. The number of nitrogens with zero attached hydrogens (tertiary/aromatic N) is 5. The molecule has 27 heavy (non-hydrogen) atoms. The second-order valence-corrected chi connectivity index (χ2v) is 9.53. The number of aliphatic imine (C=N–C) groups is 1. The zero-order chi connectivity index (χ0) is 19.4. The highest BCUT2D eigenvalue weighted by molar-refractivity contribution is 7.88. The first kappa shape index (κ1) is 19.8. The van der Waals surface area contributed by atoms with Crippen LogP contribution in [0.2, 0.25) is 0 Å². The van der Waals surface area contributed by atoms with Gasteiger partial charge in [0.15, 0.2) is 5.96 Å². The number of hydrogen-bond donors (Lipinski definition) is 1. The predicted octanol–water partition coefficient (Wildman–Crippen LogP) is 0.971. The molecule has 0 aromatic carbocycles. The third-order valence-corrected chi connectivity index (χ3v) is 7.26. The minimum absolute atomic E-state index is 0.138. The number of hydrogen-bond acceptors (Lipinski definition) is 7. The van der Waals surface area contributed by atoms with Gasteiger partial charge in [-0.25, -0.2) is 13.4 Å². The van der Waals surface area contributed by atoms with Crippen LogP contribution in [0.5, 0.6) is 0 Å². The van der Waals surface area contributed by atoms with Crippen LogP contribution in [-0.4, -0.2) is 66.9 Å². The van der Waals surface area contributed by atoms with E-state index in [-0.39, 0.29) is 5.75 Å². The van der Waals surface area contributed by atoms with Crippen molar-refractivity contribution in [3.05, 3.63) is 33.6 Å². The highest BCUT2D eigenvalue weighted by atomic mass is 32.2. The maximum Gasteiger partial charge on any atom is 0.220 e. The Morgan fingerprint density at radius 1 is 1.33 bits per heavy atom. The molecule has 148 valence electrons. The third-order valence-electron chi connectivity index (χ3n) is 4.37. The molecule has 0 radical (unpaired) electrons. The molecule has 0 unspecified atom stereocenters. The number of aryl methyl sites for hydroxylation is 2. The van der Waals surface area contributed by atoms with Crippen LogP contribution in [0.15, 0.2) is 21.8 Å². The fraction of sp³-hybridized carbons (Fsp3) is 0.562. The van der Waals surface area contributed by atoms with E-state index in [1.165, 1.54) is 15.4 Å². The van der Waals surface area contributed by atoms with Crippen molar-refractivity contribution in [2.45, 2.75) is 26.1 Å². The van der Waals surface area contributed by atoms with Gasteiger partial charge in [0.1, 0.15) is 12.0 Å². The minimum Gasteiger partial charge on any atom is -0.364 e. The molecule has 2 aromatic rings. The second kappa shape index (κ2) is 8.36. The van der Waals surface area contributed by atoms with Gasteiger partial charge in [0.2, 0.25) is 10.0 Å². The molecular weight excluding hydrogens is 388 g/mol. The van der Waals surface area contributed by atoms with E-state index >= 15 is 0 Å². The van der Waals surface area contributed by atoms with Crippen molar-refractivity contribution in [1.82, 2.24) is 24.7 Å². The van der Waals surface area contributed by atoms with Gasteiger partial charge in [0.25, 0.3) is 0 Å². The lowest BCUT2D eigenvalue weighted by Crippen LogP contribution is -2.53. The predicted molar refractivity (Wildman–Crippen MR) is 104 cm³/mol. The molecule has 0 amide bonds. The van der Waals surface area contributed by atoms with E-state index in [2.05, 4.69) is 25.3 Å². The Morgan fingerprint density at radius 2 is 2.07 bits per heavy atom. The summed E-state index contributed by atoms with van der Waals surface area (Å²) in [5.41, 5.74) is 1.45. The number of nitrogens with one attached hydrogen (secondary N) is 1. The van der Waals surface area contributed by atoms with Crippen molar-refractivity contribution >= 4 is 27.3 Å². The van der Waals surface area contributed by atoms with Crippen LogP contribution < -0.4 is 5.32 Å². The maximum atomic E-state index is 12.5. The summed E-state index contributed by atoms with van der Waals surface area (Å²) in [5, 5.41) is 8.09. The van der Waals surface area contributed by atoms with Crippen LogP contribution in [0.1, 0.15) is 21.3 Å². The molecular formula is C16H24N6O3S2. The van der Waals surface area contributed by atoms with E-state index in [9.17, 15) is 8.42 Å². The van der Waals surface area contributed by atoms with Crippen LogP contribution in [0, 0.1) is 13.8 Å². The number of aromatic nitrogens is 2. The number of piperazine rings is 1. The summed E-state index contributed by atoms with van der Waals surface area (Å²) >= 11 is 1.67. The van der Waals surface area contributed by atoms with E-state index in [4.69, 9.17) is 4.52 Å². The lowest BCUT2D eigenvalue weighted by molar-refractivity contribution is 0.260. The van der Waals surface area contributed by atoms with E-state index in [1.807, 2.05) is 13.8 Å². The van der Waals surface area contributed by atoms with Gasteiger partial charge < -0.3 is 14.7 Å². The SMILES string of the molecule is CN=C(NCc1sc(C)nc1C)N1CCN(S(=O)(=O)Cc2ccon2)CC1. The second-order valence-electron chi connectivity index (χ2n) is 6.28. The Morgan fingerprint density at radius 3 is 2.63 bits per heavy atom. The number of guanidine groups is 1. The van der Waals surface area contributed by atoms with Crippen molar-refractivity contribution in [2.75, 3.05) is 33.2 Å². The van der Waals surface area contributed by atoms with Crippen LogP contribution in [-0.2, 0) is 22.3 Å². The molecule has 3 heterocycles. The molecule has 0 saturated carbocycles. The van der Waals surface area contributed by atoms with Gasteiger partial charge in [-0.1, -0.05) is 5.16 Å². The van der Waals surface area contributed by atoms with Gasteiger partial charge in [-0.15, -0.1) is 11.3 Å². The Balaban J connectivity index is 1.54. The Bertz CT molecular complexity index is 883. The summed E-state index contributed by atoms with van der Waals surface area (Å²) < 4.78 is 31.3. The molecule has 1 fully saturated rings. The average molecular weight is 413 g/mol. The van der Waals surface area contributed by atoms with Crippen LogP contribution in [0.3, 0.4) is 0 Å². The van der Waals surface area contributed by atoms with Gasteiger partial charge in [-0.2, -0.15) is 4.31 Å². The summed E-state index contributed by atoms with van der Waals surface area (Å²) in [7, 11) is -1.67. The molecule has 0 atom stereocenters. The van der Waals surface area contributed by atoms with Gasteiger partial charge in [0, 0.05) is 44.2 Å². The number of thiazole rings is 1. The fourth-order valence-electron chi connectivity index (χ4n) is 3.00. The Kier molecular flexibility index (Phi) is 6.12. The summed E-state index contributed by atoms with van der Waals surface area (Å²) in [6, 6.07) is 1.57. The van der Waals surface area contributed by atoms with Crippen molar-refractivity contribution < 1.29 is 12.9 Å². The largest absolute Gasteiger partial charge is 0.364 e. The monoisotopic (exact) mass is 412 g/mol. The fourth-order valence-corrected chi connectivity index (χ4v) is 5.30. The zero-order valence-corrected chi connectivity index (χ0v) is 17.3. The molecule has 1 saturated heterocycles. The topological polar surface area (TPSA) is 104 Å². The maximum absolute atomic E-state index is 12.5. The molecule has 0 aliphatic carbocycles. The first-order valence-corrected chi connectivity index (χ1v) is 11.1. The molecule has 0 spiro atoms. The highest BCUT2D eigenvalue weighted by Crippen LogP contribution is 2.17. The smallest absolute Gasteiger partial charge is 0.220 e. The average Bonchev–Trinajstić information content (AvgIpc) is 3.24. The Labute approximate surface area is 163 Å². The van der Waals surface area contributed by atoms with Gasteiger partial charge in [-0.05, 0) is 13.8 Å². The molecule has 0 bridgehead atoms. The van der Waals surface area contributed by atoms with Crippen LogP contribution in [0.25, 0.3) is 0 Å². The minimum atomic E-state index is -3.40. The van der Waals surface area contributed by atoms with Crippen LogP contribution >= 0.6 is 11.3 Å². The van der Waals surface area contributed by atoms with Gasteiger partial charge >= 0.3 is 0 Å².